The molecule has 0 aromatic rings. The van der Waals surface area contributed by atoms with Gasteiger partial charge in [0.15, 0.2) is 0 Å². The third-order valence-electron chi connectivity index (χ3n) is 4.18. The van der Waals surface area contributed by atoms with Crippen LogP contribution in [0.5, 0.6) is 0 Å². The largest absolute Gasteiger partial charge is 0.481 e. The Hall–Kier alpha value is -1.07. The van der Waals surface area contributed by atoms with E-state index in [2.05, 4.69) is 10.4 Å². The maximum absolute atomic E-state index is 11.0. The third kappa shape index (κ3) is 2.12. The molecule has 0 bridgehead atoms. The van der Waals surface area contributed by atoms with Gasteiger partial charge < -0.3 is 9.84 Å². The number of nitrogens with one attached hydrogen (secondary N) is 1. The lowest BCUT2D eigenvalue weighted by Crippen LogP contribution is -2.44. The molecule has 3 rings (SSSR count). The fourth-order valence-electron chi connectivity index (χ4n) is 3.16. The number of hydrogen-bond donors (Lipinski definition) is 2. The normalized spacial score (nSPS) is 32.6. The first-order valence-electron chi connectivity index (χ1n) is 6.84. The van der Waals surface area contributed by atoms with Gasteiger partial charge in [0.1, 0.15) is 6.23 Å². The van der Waals surface area contributed by atoms with Gasteiger partial charge in [-0.25, -0.2) is 5.43 Å². The molecule has 0 spiro atoms. The molecule has 0 amide bonds. The van der Waals surface area contributed by atoms with E-state index in [0.29, 0.717) is 6.42 Å². The standard InChI is InChI=1S/C13H20N2O3/c16-13(17)9-4-5-11-10(7-9)8-14-15(11)12-3-1-2-6-18-12/h9,12,14H,1-8H2,(H,16,17). The number of rotatable bonds is 2. The van der Waals surface area contributed by atoms with Crippen molar-refractivity contribution in [2.45, 2.75) is 44.8 Å². The van der Waals surface area contributed by atoms with Gasteiger partial charge in [0.2, 0.25) is 0 Å². The van der Waals surface area contributed by atoms with E-state index in [1.54, 1.807) is 0 Å². The van der Waals surface area contributed by atoms with Crippen molar-refractivity contribution in [3.05, 3.63) is 11.3 Å². The summed E-state index contributed by atoms with van der Waals surface area (Å²) in [5.41, 5.74) is 5.93. The van der Waals surface area contributed by atoms with Crippen LogP contribution >= 0.6 is 0 Å². The van der Waals surface area contributed by atoms with Crippen LogP contribution in [0.15, 0.2) is 11.3 Å². The molecule has 5 heteroatoms. The first-order valence-corrected chi connectivity index (χ1v) is 6.84. The average molecular weight is 252 g/mol. The van der Waals surface area contributed by atoms with Gasteiger partial charge in [-0.1, -0.05) is 0 Å². The van der Waals surface area contributed by atoms with Crippen LogP contribution in [0.4, 0.5) is 0 Å². The summed E-state index contributed by atoms with van der Waals surface area (Å²) in [6, 6.07) is 0. The number of allylic oxidation sites excluding steroid dienone is 1. The number of carboxylic acid groups (broad SMARTS) is 1. The Balaban J connectivity index is 1.71. The Bertz CT molecular complexity index is 374. The second-order valence-electron chi connectivity index (χ2n) is 5.35. The number of carboxylic acids is 1. The Morgan fingerprint density at radius 3 is 3.00 bits per heavy atom. The molecule has 0 radical (unpaired) electrons. The highest BCUT2D eigenvalue weighted by molar-refractivity contribution is 5.70. The number of hydrogen-bond acceptors (Lipinski definition) is 4. The summed E-state index contributed by atoms with van der Waals surface area (Å²) in [7, 11) is 0. The number of carbonyl (C=O) groups is 1. The molecule has 0 aromatic heterocycles. The van der Waals surface area contributed by atoms with Crippen LogP contribution in [0.25, 0.3) is 0 Å². The van der Waals surface area contributed by atoms with Crippen molar-refractivity contribution in [2.75, 3.05) is 13.2 Å². The first-order chi connectivity index (χ1) is 8.75. The topological polar surface area (TPSA) is 61.8 Å². The van der Waals surface area contributed by atoms with Gasteiger partial charge in [0.25, 0.3) is 0 Å². The molecule has 3 aliphatic rings. The van der Waals surface area contributed by atoms with Crippen molar-refractivity contribution in [3.63, 3.8) is 0 Å². The van der Waals surface area contributed by atoms with E-state index in [1.807, 2.05) is 0 Å². The highest BCUT2D eigenvalue weighted by atomic mass is 16.5. The molecular weight excluding hydrogens is 232 g/mol. The lowest BCUT2D eigenvalue weighted by atomic mass is 9.87. The molecular formula is C13H20N2O3. The Morgan fingerprint density at radius 1 is 1.39 bits per heavy atom. The molecule has 1 saturated heterocycles. The Labute approximate surface area is 107 Å². The van der Waals surface area contributed by atoms with E-state index in [9.17, 15) is 4.79 Å². The van der Waals surface area contributed by atoms with Crippen molar-refractivity contribution in [1.29, 1.82) is 0 Å². The zero-order chi connectivity index (χ0) is 12.5. The van der Waals surface area contributed by atoms with Crippen LogP contribution in [0.3, 0.4) is 0 Å². The molecule has 100 valence electrons. The summed E-state index contributed by atoms with van der Waals surface area (Å²) >= 11 is 0. The summed E-state index contributed by atoms with van der Waals surface area (Å²) < 4.78 is 5.80. The van der Waals surface area contributed by atoms with Crippen molar-refractivity contribution >= 4 is 5.97 Å². The number of ether oxygens (including phenoxy) is 1. The predicted molar refractivity (Wildman–Crippen MR) is 65.4 cm³/mol. The third-order valence-corrected chi connectivity index (χ3v) is 4.18. The highest BCUT2D eigenvalue weighted by Gasteiger charge is 2.35. The van der Waals surface area contributed by atoms with Crippen molar-refractivity contribution in [1.82, 2.24) is 10.4 Å². The van der Waals surface area contributed by atoms with Crippen LogP contribution in [0, 0.1) is 5.92 Å². The van der Waals surface area contributed by atoms with Gasteiger partial charge in [-0.05, 0) is 44.1 Å². The molecule has 1 aliphatic carbocycles. The summed E-state index contributed by atoms with van der Waals surface area (Å²) in [5.74, 6) is -0.855. The van der Waals surface area contributed by atoms with Gasteiger partial charge in [-0.2, -0.15) is 0 Å². The summed E-state index contributed by atoms with van der Waals surface area (Å²) in [5, 5.41) is 11.3. The van der Waals surface area contributed by atoms with Gasteiger partial charge in [-0.3, -0.25) is 9.80 Å². The SMILES string of the molecule is O=C(O)C1CCC2=C(CNN2C2CCCCO2)C1. The maximum atomic E-state index is 11.0. The van der Waals surface area contributed by atoms with Gasteiger partial charge in [-0.15, -0.1) is 0 Å². The number of aliphatic carboxylic acids is 1. The Kier molecular flexibility index (Phi) is 3.26. The molecule has 2 atom stereocenters. The molecule has 2 heterocycles. The smallest absolute Gasteiger partial charge is 0.306 e. The van der Waals surface area contributed by atoms with Gasteiger partial charge in [0, 0.05) is 18.8 Å². The minimum atomic E-state index is -0.658. The van der Waals surface area contributed by atoms with E-state index >= 15 is 0 Å². The van der Waals surface area contributed by atoms with Gasteiger partial charge >= 0.3 is 5.97 Å². The number of hydrazine groups is 1. The quantitative estimate of drug-likeness (QED) is 0.779. The van der Waals surface area contributed by atoms with Crippen LogP contribution in [0.1, 0.15) is 38.5 Å². The zero-order valence-electron chi connectivity index (χ0n) is 10.5. The molecule has 0 saturated carbocycles. The van der Waals surface area contributed by atoms with E-state index in [1.165, 1.54) is 17.7 Å². The second-order valence-corrected chi connectivity index (χ2v) is 5.35. The van der Waals surface area contributed by atoms with E-state index < -0.39 is 5.97 Å². The minimum Gasteiger partial charge on any atom is -0.481 e. The molecule has 2 aliphatic heterocycles. The highest BCUT2D eigenvalue weighted by Crippen LogP contribution is 2.36. The van der Waals surface area contributed by atoms with E-state index in [4.69, 9.17) is 9.84 Å². The van der Waals surface area contributed by atoms with Crippen LogP contribution in [-0.2, 0) is 9.53 Å². The predicted octanol–water partition coefficient (Wildman–Crippen LogP) is 1.47. The van der Waals surface area contributed by atoms with Crippen LogP contribution in [0.2, 0.25) is 0 Å². The molecule has 1 fully saturated rings. The van der Waals surface area contributed by atoms with Crippen molar-refractivity contribution < 1.29 is 14.6 Å². The fraction of sp³-hybridized carbons (Fsp3) is 0.769. The summed E-state index contributed by atoms with van der Waals surface area (Å²) in [6.45, 7) is 1.63. The molecule has 2 N–H and O–H groups in total. The van der Waals surface area contributed by atoms with Gasteiger partial charge in [0.05, 0.1) is 5.92 Å². The van der Waals surface area contributed by atoms with Crippen LogP contribution < -0.4 is 5.43 Å². The first kappa shape index (κ1) is 12.0. The van der Waals surface area contributed by atoms with Crippen LogP contribution in [-0.4, -0.2) is 35.5 Å². The summed E-state index contributed by atoms with van der Waals surface area (Å²) in [6.07, 6.45) is 5.87. The second kappa shape index (κ2) is 4.90. The average Bonchev–Trinajstić information content (AvgIpc) is 2.82. The fourth-order valence-corrected chi connectivity index (χ4v) is 3.16. The van der Waals surface area contributed by atoms with E-state index in [0.717, 1.165) is 38.8 Å². The minimum absolute atomic E-state index is 0.146. The molecule has 5 nitrogen and oxygen atoms in total. The van der Waals surface area contributed by atoms with E-state index in [-0.39, 0.29) is 12.1 Å². The summed E-state index contributed by atoms with van der Waals surface area (Å²) in [4.78, 5) is 11.0. The maximum Gasteiger partial charge on any atom is 0.306 e. The lowest BCUT2D eigenvalue weighted by Gasteiger charge is -2.35. The molecule has 18 heavy (non-hydrogen) atoms. The lowest BCUT2D eigenvalue weighted by molar-refractivity contribution is -0.142. The molecule has 0 aromatic carbocycles. The van der Waals surface area contributed by atoms with Crippen molar-refractivity contribution in [2.24, 2.45) is 5.92 Å². The monoisotopic (exact) mass is 252 g/mol. The molecule has 2 unspecified atom stereocenters. The Morgan fingerprint density at radius 2 is 2.28 bits per heavy atom. The number of nitrogens with zero attached hydrogens (tertiary/aromatic N) is 1. The van der Waals surface area contributed by atoms with Crippen molar-refractivity contribution in [3.8, 4) is 0 Å². The zero-order valence-corrected chi connectivity index (χ0v) is 10.5.